The summed E-state index contributed by atoms with van der Waals surface area (Å²) in [5.41, 5.74) is 1.17. The first-order chi connectivity index (χ1) is 24.3. The number of amides is 1. The number of nitrogens with zero attached hydrogens (tertiary/aromatic N) is 4. The summed E-state index contributed by atoms with van der Waals surface area (Å²) < 4.78 is 12.2. The number of carbonyl (C=O) groups is 2. The number of carbonyl (C=O) groups excluding carboxylic acids is 2. The molecule has 1 fully saturated rings. The molecule has 1 aromatic carbocycles. The molecule has 1 amide bonds. The molecule has 3 heterocycles. The monoisotopic (exact) mass is 728 g/mol. The number of piperazine rings is 1. The van der Waals surface area contributed by atoms with Crippen molar-refractivity contribution in [3.63, 3.8) is 0 Å². The molecule has 8 nitrogen and oxygen atoms in total. The van der Waals surface area contributed by atoms with Crippen molar-refractivity contribution in [3.8, 4) is 0 Å². The Hall–Kier alpha value is -2.62. The van der Waals surface area contributed by atoms with E-state index in [1.54, 1.807) is 35.3 Å². The smallest absolute Gasteiger partial charge is 0.423 e. The van der Waals surface area contributed by atoms with Crippen LogP contribution in [0.2, 0.25) is 5.02 Å². The molecule has 0 N–H and O–H groups in total. The molecule has 10 heteroatoms. The van der Waals surface area contributed by atoms with Crippen LogP contribution in [0.1, 0.15) is 134 Å². The van der Waals surface area contributed by atoms with Crippen LogP contribution in [-0.2, 0) is 14.3 Å². The van der Waals surface area contributed by atoms with E-state index >= 15 is 0 Å². The number of rotatable bonds is 21. The van der Waals surface area contributed by atoms with Gasteiger partial charge in [0.1, 0.15) is 10.5 Å². The molecule has 0 aliphatic carbocycles. The molecule has 2 aliphatic rings. The fourth-order valence-corrected chi connectivity index (χ4v) is 7.88. The summed E-state index contributed by atoms with van der Waals surface area (Å²) >= 11 is 8.05. The summed E-state index contributed by atoms with van der Waals surface area (Å²) in [5, 5.41) is 1.37. The van der Waals surface area contributed by atoms with Gasteiger partial charge in [-0.25, -0.2) is 14.7 Å². The summed E-state index contributed by atoms with van der Waals surface area (Å²) in [5.74, 6) is 0.369. The van der Waals surface area contributed by atoms with Crippen molar-refractivity contribution in [3.05, 3.63) is 44.1 Å². The molecular formula is C40H61ClN4O4S. The highest BCUT2D eigenvalue weighted by Gasteiger charge is 2.33. The van der Waals surface area contributed by atoms with Gasteiger partial charge in [0.25, 0.3) is 0 Å². The van der Waals surface area contributed by atoms with E-state index in [2.05, 4.69) is 29.8 Å². The molecule has 278 valence electrons. The van der Waals surface area contributed by atoms with Gasteiger partial charge in [-0.05, 0) is 44.7 Å². The van der Waals surface area contributed by atoms with Crippen LogP contribution in [0.5, 0.6) is 0 Å². The van der Waals surface area contributed by atoms with Crippen molar-refractivity contribution in [1.29, 1.82) is 0 Å². The fourth-order valence-electron chi connectivity index (χ4n) is 6.83. The first kappa shape index (κ1) is 40.2. The molecule has 1 aromatic heterocycles. The number of hydrogen-bond donors (Lipinski definition) is 0. The molecular weight excluding hydrogens is 668 g/mol. The summed E-state index contributed by atoms with van der Waals surface area (Å²) in [4.78, 5) is 38.8. The average Bonchev–Trinajstić information content (AvgIpc) is 3.39. The average molecular weight is 729 g/mol. The van der Waals surface area contributed by atoms with Crippen LogP contribution in [0.25, 0.3) is 5.82 Å². The Morgan fingerprint density at radius 2 is 1.38 bits per heavy atom. The van der Waals surface area contributed by atoms with Crippen LogP contribution >= 0.6 is 22.9 Å². The number of fused-ring (bicyclic) bond motifs is 2. The minimum Gasteiger partial charge on any atom is -0.425 e. The maximum atomic E-state index is 14.0. The molecule has 0 saturated carbocycles. The first-order valence-electron chi connectivity index (χ1n) is 19.4. The zero-order valence-electron chi connectivity index (χ0n) is 31.2. The van der Waals surface area contributed by atoms with Crippen molar-refractivity contribution in [2.75, 3.05) is 38.1 Å². The van der Waals surface area contributed by atoms with Gasteiger partial charge in [-0.3, -0.25) is 4.79 Å². The van der Waals surface area contributed by atoms with Gasteiger partial charge in [0.05, 0.1) is 16.6 Å². The van der Waals surface area contributed by atoms with E-state index in [0.717, 1.165) is 60.2 Å². The predicted molar refractivity (Wildman–Crippen MR) is 207 cm³/mol. The molecule has 1 saturated heterocycles. The number of esters is 1. The van der Waals surface area contributed by atoms with Gasteiger partial charge in [0, 0.05) is 49.4 Å². The van der Waals surface area contributed by atoms with Gasteiger partial charge in [-0.2, -0.15) is 0 Å². The van der Waals surface area contributed by atoms with Crippen LogP contribution < -0.4 is 14.8 Å². The Morgan fingerprint density at radius 3 is 1.96 bits per heavy atom. The van der Waals surface area contributed by atoms with Crippen molar-refractivity contribution in [1.82, 2.24) is 9.80 Å². The van der Waals surface area contributed by atoms with Gasteiger partial charge in [-0.15, -0.1) is 11.3 Å². The van der Waals surface area contributed by atoms with Crippen LogP contribution in [0.3, 0.4) is 0 Å². The first-order valence-corrected chi connectivity index (χ1v) is 20.6. The van der Waals surface area contributed by atoms with Crippen molar-refractivity contribution in [2.24, 2.45) is 4.99 Å². The van der Waals surface area contributed by atoms with E-state index in [1.165, 1.54) is 89.9 Å². The second kappa shape index (κ2) is 21.7. The summed E-state index contributed by atoms with van der Waals surface area (Å²) in [6.07, 6.45) is 20.6. The van der Waals surface area contributed by atoms with Crippen LogP contribution in [0.15, 0.2) is 29.3 Å². The van der Waals surface area contributed by atoms with Crippen LogP contribution in [0.4, 0.5) is 16.2 Å². The van der Waals surface area contributed by atoms with Gasteiger partial charge >= 0.3 is 12.1 Å². The summed E-state index contributed by atoms with van der Waals surface area (Å²) in [6, 6.07) is 7.42. The minimum atomic E-state index is -1.04. The minimum absolute atomic E-state index is 0.317. The van der Waals surface area contributed by atoms with E-state index in [1.807, 2.05) is 13.0 Å². The lowest BCUT2D eigenvalue weighted by Crippen LogP contribution is -2.51. The van der Waals surface area contributed by atoms with Crippen molar-refractivity contribution >= 4 is 52.2 Å². The normalized spacial score (nSPS) is 15.3. The molecule has 1 unspecified atom stereocenters. The quantitative estimate of drug-likeness (QED) is 0.0724. The highest BCUT2D eigenvalue weighted by Crippen LogP contribution is 2.37. The lowest BCUT2D eigenvalue weighted by Gasteiger charge is -2.39. The Balaban J connectivity index is 1.19. The lowest BCUT2D eigenvalue weighted by molar-refractivity contribution is -0.164. The Morgan fingerprint density at radius 1 is 0.820 bits per heavy atom. The third-order valence-electron chi connectivity index (χ3n) is 9.72. The maximum Gasteiger partial charge on any atom is 0.423 e. The molecule has 50 heavy (non-hydrogen) atoms. The second-order valence-electron chi connectivity index (χ2n) is 14.1. The second-order valence-corrected chi connectivity index (χ2v) is 15.8. The third kappa shape index (κ3) is 12.9. The van der Waals surface area contributed by atoms with Crippen LogP contribution in [-0.4, -0.2) is 61.4 Å². The van der Waals surface area contributed by atoms with E-state index < -0.39 is 12.4 Å². The third-order valence-corrected chi connectivity index (χ3v) is 10.9. The zero-order chi connectivity index (χ0) is 35.7. The fraction of sp³-hybridized carbons (Fsp3) is 0.675. The number of benzene rings is 1. The van der Waals surface area contributed by atoms with Gasteiger partial charge < -0.3 is 19.3 Å². The number of thiophene rings is 1. The number of anilines is 1. The number of aryl methyl sites for hydroxylation is 1. The molecule has 0 radical (unpaired) electrons. The molecule has 1 atom stereocenters. The molecule has 0 spiro atoms. The molecule has 0 bridgehead atoms. The van der Waals surface area contributed by atoms with Gasteiger partial charge in [0.2, 0.25) is 6.29 Å². The van der Waals surface area contributed by atoms with Crippen LogP contribution in [0, 0.1) is 6.92 Å². The molecule has 2 aliphatic heterocycles. The van der Waals surface area contributed by atoms with E-state index in [9.17, 15) is 9.59 Å². The lowest BCUT2D eigenvalue weighted by atomic mass is 10.0. The predicted octanol–water partition coefficient (Wildman–Crippen LogP) is 9.86. The molecule has 2 aromatic rings. The van der Waals surface area contributed by atoms with Crippen molar-refractivity contribution in [2.45, 2.75) is 143 Å². The highest BCUT2D eigenvalue weighted by molar-refractivity contribution is 7.09. The van der Waals surface area contributed by atoms with Crippen molar-refractivity contribution < 1.29 is 19.1 Å². The van der Waals surface area contributed by atoms with Gasteiger partial charge in [0.15, 0.2) is 0 Å². The summed E-state index contributed by atoms with van der Waals surface area (Å²) in [7, 11) is 2.10. The number of unbranched alkanes of at least 4 members (excludes halogenated alkanes) is 16. The SMILES string of the molecule is CCCCCCCCCCCCCCCCCCCC(=O)OC(C)OC(=O)N1C(N2CCN(C)CC2)=c2cc(C)sc2=Nc2ccc(Cl)cc21. The molecule has 4 rings (SSSR count). The zero-order valence-corrected chi connectivity index (χ0v) is 32.7. The Labute approximate surface area is 309 Å². The van der Waals surface area contributed by atoms with E-state index in [-0.39, 0.29) is 5.97 Å². The maximum absolute atomic E-state index is 14.0. The topological polar surface area (TPSA) is 74.7 Å². The Kier molecular flexibility index (Phi) is 17.4. The summed E-state index contributed by atoms with van der Waals surface area (Å²) in [6.45, 7) is 9.12. The number of hydrogen-bond acceptors (Lipinski definition) is 8. The van der Waals surface area contributed by atoms with E-state index in [0.29, 0.717) is 28.6 Å². The Bertz CT molecular complexity index is 1470. The largest absolute Gasteiger partial charge is 0.425 e. The van der Waals surface area contributed by atoms with E-state index in [4.69, 9.17) is 26.1 Å². The standard InChI is InChI=1S/C40H61ClN4O4S/c1-5-6-7-8-9-10-11-12-13-14-15-16-17-18-19-20-21-22-37(46)48-32(3)49-40(47)45-36-30-33(41)23-24-35(36)42-38-34(29-31(2)50-38)39(45)44-27-25-43(4)26-28-44/h23-24,29-30,32H,5-22,25-28H2,1-4H3. The number of ether oxygens (including phenoxy) is 2. The number of likely N-dealkylation sites (N-methyl/N-ethyl adjacent to an activating group) is 1. The van der Waals surface area contributed by atoms with Gasteiger partial charge in [-0.1, -0.05) is 121 Å². The number of halogens is 1. The highest BCUT2D eigenvalue weighted by atomic mass is 35.5.